The van der Waals surface area contributed by atoms with Crippen LogP contribution in [0.4, 0.5) is 5.69 Å². The van der Waals surface area contributed by atoms with Gasteiger partial charge in [-0.3, -0.25) is 4.79 Å². The number of carboxylic acid groups (broad SMARTS) is 1. The summed E-state index contributed by atoms with van der Waals surface area (Å²) in [4.78, 5) is 16.4. The summed E-state index contributed by atoms with van der Waals surface area (Å²) in [5.41, 5.74) is 10.6. The third-order valence-corrected chi connectivity index (χ3v) is 7.01. The standard InChI is InChI=1S/C25H25ClN2O2S.C4H10O/c1-13-6-8-17(9-7-13)21-16(4)22-23-18(10-14(2)27-25(23)26)12-28(31-5)24(22)15(3)19(21)11-20(29)30;1-4(2,3)5/h6-10H,11-12H2,1-5H3,(H,29,30);5H,1-3H3. The van der Waals surface area contributed by atoms with E-state index in [1.165, 1.54) is 0 Å². The highest BCUT2D eigenvalue weighted by Crippen LogP contribution is 2.51. The van der Waals surface area contributed by atoms with Crippen LogP contribution in [-0.2, 0) is 17.8 Å². The van der Waals surface area contributed by atoms with Crippen LogP contribution in [0, 0.1) is 27.7 Å². The van der Waals surface area contributed by atoms with Gasteiger partial charge in [-0.15, -0.1) is 0 Å². The number of aromatic nitrogens is 1. The lowest BCUT2D eigenvalue weighted by molar-refractivity contribution is -0.136. The highest BCUT2D eigenvalue weighted by atomic mass is 35.5. The smallest absolute Gasteiger partial charge is 0.307 e. The topological polar surface area (TPSA) is 73.7 Å². The fourth-order valence-corrected chi connectivity index (χ4v) is 5.65. The van der Waals surface area contributed by atoms with Gasteiger partial charge in [0.2, 0.25) is 0 Å². The molecule has 1 aromatic heterocycles. The molecule has 0 unspecified atom stereocenters. The number of aliphatic carboxylic acids is 1. The van der Waals surface area contributed by atoms with E-state index in [0.717, 1.165) is 61.5 Å². The number of benzene rings is 2. The highest BCUT2D eigenvalue weighted by molar-refractivity contribution is 7.99. The fraction of sp³-hybridized carbons (Fsp3) is 0.379. The Kier molecular flexibility index (Phi) is 8.44. The number of fused-ring (bicyclic) bond motifs is 3. The molecule has 2 N–H and O–H groups in total. The van der Waals surface area contributed by atoms with Crippen LogP contribution in [0.2, 0.25) is 5.15 Å². The Morgan fingerprint density at radius 3 is 2.17 bits per heavy atom. The monoisotopic (exact) mass is 526 g/mol. The molecule has 0 radical (unpaired) electrons. The molecule has 5 nitrogen and oxygen atoms in total. The van der Waals surface area contributed by atoms with Crippen LogP contribution < -0.4 is 4.31 Å². The van der Waals surface area contributed by atoms with Gasteiger partial charge in [-0.25, -0.2) is 4.98 Å². The molecule has 1 aliphatic rings. The summed E-state index contributed by atoms with van der Waals surface area (Å²) < 4.78 is 2.24. The molecular weight excluding hydrogens is 492 g/mol. The maximum absolute atomic E-state index is 11.8. The van der Waals surface area contributed by atoms with E-state index in [1.54, 1.807) is 32.7 Å². The molecule has 3 aromatic rings. The number of nitrogens with zero attached hydrogens (tertiary/aromatic N) is 2. The SMILES string of the molecule is CC(C)(C)O.CSN1Cc2cc(C)nc(Cl)c2-c2c(C)c(-c3ccc(C)cc3)c(CC(=O)O)c(C)c21. The van der Waals surface area contributed by atoms with Gasteiger partial charge in [0.1, 0.15) is 5.15 Å². The van der Waals surface area contributed by atoms with E-state index in [2.05, 4.69) is 46.5 Å². The molecule has 0 fully saturated rings. The normalized spacial score (nSPS) is 12.4. The Bertz CT molecular complexity index is 1290. The second-order valence-electron chi connectivity index (χ2n) is 10.2. The minimum Gasteiger partial charge on any atom is -0.481 e. The predicted octanol–water partition coefficient (Wildman–Crippen LogP) is 7.30. The zero-order valence-electron chi connectivity index (χ0n) is 22.3. The lowest BCUT2D eigenvalue weighted by Crippen LogP contribution is -2.23. The first-order valence-corrected chi connectivity index (χ1v) is 13.4. The van der Waals surface area contributed by atoms with E-state index < -0.39 is 11.6 Å². The van der Waals surface area contributed by atoms with Crippen molar-refractivity contribution in [1.82, 2.24) is 4.98 Å². The number of rotatable bonds is 4. The molecule has 0 saturated heterocycles. The van der Waals surface area contributed by atoms with Crippen molar-refractivity contribution in [3.05, 3.63) is 69.0 Å². The molecular formula is C29H35ClN2O3S. The molecule has 192 valence electrons. The van der Waals surface area contributed by atoms with Crippen molar-refractivity contribution in [1.29, 1.82) is 0 Å². The number of anilines is 1. The Labute approximate surface area is 223 Å². The van der Waals surface area contributed by atoms with Crippen LogP contribution in [0.15, 0.2) is 30.3 Å². The summed E-state index contributed by atoms with van der Waals surface area (Å²) in [5.74, 6) is -0.835. The third kappa shape index (κ3) is 6.05. The van der Waals surface area contributed by atoms with Crippen molar-refractivity contribution in [2.75, 3.05) is 10.6 Å². The number of hydrogen-bond donors (Lipinski definition) is 2. The molecule has 0 spiro atoms. The van der Waals surface area contributed by atoms with Gasteiger partial charge in [-0.05, 0) is 87.9 Å². The van der Waals surface area contributed by atoms with Gasteiger partial charge < -0.3 is 14.5 Å². The first-order chi connectivity index (χ1) is 16.7. The lowest BCUT2D eigenvalue weighted by Gasteiger charge is -2.36. The average molecular weight is 527 g/mol. The van der Waals surface area contributed by atoms with Crippen molar-refractivity contribution in [2.45, 2.75) is 67.0 Å². The van der Waals surface area contributed by atoms with E-state index in [4.69, 9.17) is 16.7 Å². The van der Waals surface area contributed by atoms with Crippen LogP contribution in [0.25, 0.3) is 22.3 Å². The van der Waals surface area contributed by atoms with Crippen LogP contribution in [0.1, 0.15) is 54.3 Å². The van der Waals surface area contributed by atoms with Crippen molar-refractivity contribution >= 4 is 35.2 Å². The van der Waals surface area contributed by atoms with E-state index >= 15 is 0 Å². The molecule has 0 amide bonds. The summed E-state index contributed by atoms with van der Waals surface area (Å²) in [5, 5.41) is 18.7. The van der Waals surface area contributed by atoms with Gasteiger partial charge in [-0.2, -0.15) is 0 Å². The quantitative estimate of drug-likeness (QED) is 0.274. The van der Waals surface area contributed by atoms with E-state index in [1.807, 2.05) is 27.0 Å². The fourth-order valence-electron chi connectivity index (χ4n) is 4.63. The Morgan fingerprint density at radius 1 is 1.06 bits per heavy atom. The Morgan fingerprint density at radius 2 is 1.64 bits per heavy atom. The third-order valence-electron chi connectivity index (χ3n) is 5.98. The number of halogens is 1. The van der Waals surface area contributed by atoms with Gasteiger partial charge >= 0.3 is 5.97 Å². The molecule has 1 aliphatic heterocycles. The molecule has 36 heavy (non-hydrogen) atoms. The molecule has 4 rings (SSSR count). The molecule has 7 heteroatoms. The summed E-state index contributed by atoms with van der Waals surface area (Å²) >= 11 is 8.34. The van der Waals surface area contributed by atoms with Gasteiger partial charge in [0, 0.05) is 23.1 Å². The van der Waals surface area contributed by atoms with Gasteiger partial charge in [-0.1, -0.05) is 53.4 Å². The second-order valence-corrected chi connectivity index (χ2v) is 11.4. The maximum Gasteiger partial charge on any atom is 0.307 e. The number of carbonyl (C=O) groups is 1. The minimum atomic E-state index is -0.835. The average Bonchev–Trinajstić information content (AvgIpc) is 2.75. The van der Waals surface area contributed by atoms with Crippen molar-refractivity contribution in [2.24, 2.45) is 0 Å². The Balaban J connectivity index is 0.000000658. The first-order valence-electron chi connectivity index (χ1n) is 11.9. The summed E-state index contributed by atoms with van der Waals surface area (Å²) in [7, 11) is 0. The molecule has 0 aliphatic carbocycles. The molecule has 2 heterocycles. The predicted molar refractivity (Wildman–Crippen MR) is 152 cm³/mol. The van der Waals surface area contributed by atoms with E-state index in [9.17, 15) is 9.90 Å². The van der Waals surface area contributed by atoms with Gasteiger partial charge in [0.15, 0.2) is 0 Å². The van der Waals surface area contributed by atoms with Crippen molar-refractivity contribution in [3.8, 4) is 22.3 Å². The van der Waals surface area contributed by atoms with E-state index in [0.29, 0.717) is 11.7 Å². The van der Waals surface area contributed by atoms with Crippen LogP contribution in [0.5, 0.6) is 0 Å². The zero-order chi connectivity index (χ0) is 26.9. The van der Waals surface area contributed by atoms with Crippen molar-refractivity contribution < 1.29 is 15.0 Å². The summed E-state index contributed by atoms with van der Waals surface area (Å²) in [6, 6.07) is 10.4. The molecule has 2 aromatic carbocycles. The largest absolute Gasteiger partial charge is 0.481 e. The number of hydrogen-bond acceptors (Lipinski definition) is 5. The number of aliphatic hydroxyl groups is 1. The molecule has 0 atom stereocenters. The van der Waals surface area contributed by atoms with Gasteiger partial charge in [0.05, 0.1) is 24.3 Å². The minimum absolute atomic E-state index is 0.0296. The summed E-state index contributed by atoms with van der Waals surface area (Å²) in [6.45, 7) is 14.0. The molecule has 0 saturated carbocycles. The number of carboxylic acids is 1. The molecule has 0 bridgehead atoms. The van der Waals surface area contributed by atoms with Crippen molar-refractivity contribution in [3.63, 3.8) is 0 Å². The van der Waals surface area contributed by atoms with Crippen LogP contribution in [0.3, 0.4) is 0 Å². The first kappa shape index (κ1) is 28.0. The van der Waals surface area contributed by atoms with Crippen LogP contribution >= 0.6 is 23.5 Å². The Hall–Kier alpha value is -2.54. The second kappa shape index (κ2) is 10.8. The highest BCUT2D eigenvalue weighted by Gasteiger charge is 2.32. The summed E-state index contributed by atoms with van der Waals surface area (Å²) in [6.07, 6.45) is 2.02. The number of pyridine rings is 1. The van der Waals surface area contributed by atoms with Crippen LogP contribution in [-0.4, -0.2) is 33.0 Å². The van der Waals surface area contributed by atoms with Gasteiger partial charge in [0.25, 0.3) is 0 Å². The zero-order valence-corrected chi connectivity index (χ0v) is 23.9. The van der Waals surface area contributed by atoms with E-state index in [-0.39, 0.29) is 6.42 Å². The maximum atomic E-state index is 11.8. The number of aryl methyl sites for hydroxylation is 2. The lowest BCUT2D eigenvalue weighted by atomic mass is 9.81.